The SMILES string of the molecule is CCOc1ccc2nc(NC(=O)C(C)OC(=O)c3ccc4ocnc4c3)sc2c1. The normalized spacial score (nSPS) is 12.1. The Kier molecular flexibility index (Phi) is 5.13. The van der Waals surface area contributed by atoms with Crippen molar-refractivity contribution in [1.29, 1.82) is 0 Å². The van der Waals surface area contributed by atoms with Crippen molar-refractivity contribution in [3.63, 3.8) is 0 Å². The number of nitrogens with zero attached hydrogens (tertiary/aromatic N) is 2. The van der Waals surface area contributed by atoms with E-state index in [1.807, 2.05) is 25.1 Å². The van der Waals surface area contributed by atoms with Crippen LogP contribution in [0.25, 0.3) is 21.3 Å². The maximum absolute atomic E-state index is 12.4. The van der Waals surface area contributed by atoms with Crippen LogP contribution in [0.3, 0.4) is 0 Å². The van der Waals surface area contributed by atoms with Crippen LogP contribution in [0.1, 0.15) is 24.2 Å². The second-order valence-corrected chi connectivity index (χ2v) is 7.18. The quantitative estimate of drug-likeness (QED) is 0.478. The third kappa shape index (κ3) is 4.04. The van der Waals surface area contributed by atoms with E-state index in [0.29, 0.717) is 22.8 Å². The summed E-state index contributed by atoms with van der Waals surface area (Å²) in [5.74, 6) is -0.346. The van der Waals surface area contributed by atoms with Crippen LogP contribution >= 0.6 is 11.3 Å². The Morgan fingerprint density at radius 2 is 2.07 bits per heavy atom. The van der Waals surface area contributed by atoms with Gasteiger partial charge in [-0.3, -0.25) is 10.1 Å². The first kappa shape index (κ1) is 18.9. The molecule has 1 atom stereocenters. The van der Waals surface area contributed by atoms with Crippen molar-refractivity contribution in [2.45, 2.75) is 20.0 Å². The van der Waals surface area contributed by atoms with Crippen LogP contribution in [0.2, 0.25) is 0 Å². The first-order valence-electron chi connectivity index (χ1n) is 8.92. The minimum Gasteiger partial charge on any atom is -0.494 e. The third-order valence-electron chi connectivity index (χ3n) is 4.12. The molecule has 0 saturated carbocycles. The topological polar surface area (TPSA) is 104 Å². The molecule has 0 aliphatic carbocycles. The number of carbonyl (C=O) groups is 2. The summed E-state index contributed by atoms with van der Waals surface area (Å²) in [6, 6.07) is 10.3. The summed E-state index contributed by atoms with van der Waals surface area (Å²) >= 11 is 1.32. The Hall–Kier alpha value is -3.46. The molecule has 0 saturated heterocycles. The van der Waals surface area contributed by atoms with Crippen molar-refractivity contribution in [2.75, 3.05) is 11.9 Å². The minimum absolute atomic E-state index is 0.287. The minimum atomic E-state index is -0.999. The van der Waals surface area contributed by atoms with Crippen molar-refractivity contribution in [2.24, 2.45) is 0 Å². The van der Waals surface area contributed by atoms with Crippen LogP contribution in [0.5, 0.6) is 5.75 Å². The summed E-state index contributed by atoms with van der Waals surface area (Å²) in [5, 5.41) is 3.11. The number of hydrogen-bond acceptors (Lipinski definition) is 8. The molecule has 0 fully saturated rings. The lowest BCUT2D eigenvalue weighted by Crippen LogP contribution is -2.29. The average molecular weight is 411 g/mol. The number of esters is 1. The van der Waals surface area contributed by atoms with E-state index in [-0.39, 0.29) is 5.56 Å². The molecule has 0 aliphatic rings. The van der Waals surface area contributed by atoms with Gasteiger partial charge in [-0.15, -0.1) is 0 Å². The zero-order valence-corrected chi connectivity index (χ0v) is 16.5. The molecule has 4 aromatic rings. The molecule has 29 heavy (non-hydrogen) atoms. The van der Waals surface area contributed by atoms with Crippen LogP contribution in [-0.4, -0.2) is 34.6 Å². The van der Waals surface area contributed by atoms with Crippen molar-refractivity contribution < 1.29 is 23.5 Å². The Labute approximate surface area is 169 Å². The summed E-state index contributed by atoms with van der Waals surface area (Å²) in [6.07, 6.45) is 0.298. The smallest absolute Gasteiger partial charge is 0.338 e. The lowest BCUT2D eigenvalue weighted by atomic mass is 10.2. The molecule has 0 aliphatic heterocycles. The fraction of sp³-hybridized carbons (Fsp3) is 0.200. The molecule has 8 nitrogen and oxygen atoms in total. The molecule has 2 aromatic carbocycles. The van der Waals surface area contributed by atoms with Crippen LogP contribution in [0.4, 0.5) is 5.13 Å². The number of thiazole rings is 1. The molecule has 0 spiro atoms. The number of ether oxygens (including phenoxy) is 2. The molecule has 4 rings (SSSR count). The third-order valence-corrected chi connectivity index (χ3v) is 5.05. The second-order valence-electron chi connectivity index (χ2n) is 6.15. The van der Waals surface area contributed by atoms with E-state index in [1.165, 1.54) is 24.7 Å². The van der Waals surface area contributed by atoms with Gasteiger partial charge in [-0.1, -0.05) is 11.3 Å². The number of fused-ring (bicyclic) bond motifs is 2. The van der Waals surface area contributed by atoms with Gasteiger partial charge in [-0.05, 0) is 50.2 Å². The van der Waals surface area contributed by atoms with Crippen molar-refractivity contribution in [1.82, 2.24) is 9.97 Å². The largest absolute Gasteiger partial charge is 0.494 e. The molecule has 9 heteroatoms. The van der Waals surface area contributed by atoms with Crippen molar-refractivity contribution >= 4 is 49.7 Å². The van der Waals surface area contributed by atoms with E-state index in [2.05, 4.69) is 15.3 Å². The summed E-state index contributed by atoms with van der Waals surface area (Å²) in [5.41, 5.74) is 2.14. The standard InChI is InChI=1S/C20H17N3O5S/c1-3-26-13-5-6-14-17(9-13)29-20(22-14)23-18(24)11(2)28-19(25)12-4-7-16-15(8-12)21-10-27-16/h4-11H,3H2,1-2H3,(H,22,23,24). The van der Waals surface area contributed by atoms with Gasteiger partial charge in [0.15, 0.2) is 23.2 Å². The molecule has 0 radical (unpaired) electrons. The molecule has 1 unspecified atom stereocenters. The molecular weight excluding hydrogens is 394 g/mol. The number of nitrogens with one attached hydrogen (secondary N) is 1. The number of benzene rings is 2. The van der Waals surface area contributed by atoms with E-state index in [9.17, 15) is 9.59 Å². The van der Waals surface area contributed by atoms with Crippen molar-refractivity contribution in [3.8, 4) is 5.75 Å². The van der Waals surface area contributed by atoms with Gasteiger partial charge in [-0.2, -0.15) is 0 Å². The van der Waals surface area contributed by atoms with Gasteiger partial charge in [0.2, 0.25) is 0 Å². The van der Waals surface area contributed by atoms with Gasteiger partial charge < -0.3 is 13.9 Å². The average Bonchev–Trinajstić information content (AvgIpc) is 3.33. The Morgan fingerprint density at radius 1 is 1.21 bits per heavy atom. The van der Waals surface area contributed by atoms with Crippen LogP contribution < -0.4 is 10.1 Å². The Balaban J connectivity index is 1.42. The number of carbonyl (C=O) groups excluding carboxylic acids is 2. The maximum atomic E-state index is 12.4. The summed E-state index contributed by atoms with van der Waals surface area (Å²) in [6.45, 7) is 3.98. The zero-order chi connectivity index (χ0) is 20.4. The number of aromatic nitrogens is 2. The number of rotatable bonds is 6. The Morgan fingerprint density at radius 3 is 2.90 bits per heavy atom. The van der Waals surface area contributed by atoms with Gasteiger partial charge in [-0.25, -0.2) is 14.8 Å². The van der Waals surface area contributed by atoms with E-state index < -0.39 is 18.0 Å². The van der Waals surface area contributed by atoms with E-state index in [0.717, 1.165) is 16.0 Å². The highest BCUT2D eigenvalue weighted by Crippen LogP contribution is 2.29. The predicted octanol–water partition coefficient (Wildman–Crippen LogP) is 4.02. The summed E-state index contributed by atoms with van der Waals surface area (Å²) in [7, 11) is 0. The van der Waals surface area contributed by atoms with Gasteiger partial charge >= 0.3 is 5.97 Å². The number of amides is 1. The van der Waals surface area contributed by atoms with E-state index >= 15 is 0 Å². The van der Waals surface area contributed by atoms with Gasteiger partial charge in [0.1, 0.15) is 11.3 Å². The van der Waals surface area contributed by atoms with Crippen LogP contribution in [-0.2, 0) is 9.53 Å². The fourth-order valence-corrected chi connectivity index (χ4v) is 3.59. The lowest BCUT2D eigenvalue weighted by molar-refractivity contribution is -0.123. The van der Waals surface area contributed by atoms with Gasteiger partial charge in [0.05, 0.1) is 22.4 Å². The highest BCUT2D eigenvalue weighted by Gasteiger charge is 2.21. The molecule has 2 heterocycles. The zero-order valence-electron chi connectivity index (χ0n) is 15.7. The first-order valence-corrected chi connectivity index (χ1v) is 9.73. The van der Waals surface area contributed by atoms with E-state index in [1.54, 1.807) is 18.2 Å². The molecule has 148 valence electrons. The Bertz CT molecular complexity index is 1200. The number of hydrogen-bond donors (Lipinski definition) is 1. The second kappa shape index (κ2) is 7.88. The predicted molar refractivity (Wildman–Crippen MR) is 108 cm³/mol. The van der Waals surface area contributed by atoms with Crippen LogP contribution in [0, 0.1) is 0 Å². The molecule has 1 N–H and O–H groups in total. The van der Waals surface area contributed by atoms with Gasteiger partial charge in [0.25, 0.3) is 5.91 Å². The first-order chi connectivity index (χ1) is 14.0. The fourth-order valence-electron chi connectivity index (χ4n) is 2.69. The molecule has 2 aromatic heterocycles. The highest BCUT2D eigenvalue weighted by molar-refractivity contribution is 7.22. The monoisotopic (exact) mass is 411 g/mol. The van der Waals surface area contributed by atoms with Crippen molar-refractivity contribution in [3.05, 3.63) is 48.4 Å². The van der Waals surface area contributed by atoms with E-state index in [4.69, 9.17) is 13.9 Å². The number of oxazole rings is 1. The summed E-state index contributed by atoms with van der Waals surface area (Å²) < 4.78 is 16.8. The lowest BCUT2D eigenvalue weighted by Gasteiger charge is -2.12. The number of anilines is 1. The maximum Gasteiger partial charge on any atom is 0.338 e. The molecule has 0 bridgehead atoms. The van der Waals surface area contributed by atoms with Gasteiger partial charge in [0, 0.05) is 0 Å². The molecule has 1 amide bonds. The molecular formula is C20H17N3O5S. The summed E-state index contributed by atoms with van der Waals surface area (Å²) in [4.78, 5) is 33.1. The van der Waals surface area contributed by atoms with Crippen LogP contribution in [0.15, 0.2) is 47.2 Å². The highest BCUT2D eigenvalue weighted by atomic mass is 32.1.